The fourth-order valence-electron chi connectivity index (χ4n) is 16.9. The summed E-state index contributed by atoms with van der Waals surface area (Å²) in [5, 5.41) is 0. The Morgan fingerprint density at radius 3 is 1.81 bits per heavy atom. The second-order valence-corrected chi connectivity index (χ2v) is 37.6. The Hall–Kier alpha value is -1.86. The maximum absolute atomic E-state index is 8.09. The van der Waals surface area contributed by atoms with Gasteiger partial charge in [-0.1, -0.05) is 20.8 Å². The summed E-state index contributed by atoms with van der Waals surface area (Å²) in [7, 11) is 0. The van der Waals surface area contributed by atoms with E-state index in [0.29, 0.717) is 67.0 Å². The van der Waals surface area contributed by atoms with E-state index < -0.39 is 43.4 Å². The van der Waals surface area contributed by atoms with Crippen molar-refractivity contribution in [2.24, 2.45) is 52.3 Å². The van der Waals surface area contributed by atoms with Crippen LogP contribution in [-0.4, -0.2) is 80.7 Å². The molecule has 8 nitrogen and oxygen atoms in total. The summed E-state index contributed by atoms with van der Waals surface area (Å²) in [6, 6.07) is 31.8. The first-order valence-electron chi connectivity index (χ1n) is 30.7. The molecule has 0 amide bonds. The average Bonchev–Trinajstić information content (AvgIpc) is 3.92. The van der Waals surface area contributed by atoms with Crippen LogP contribution in [0.2, 0.25) is 13.3 Å². The summed E-state index contributed by atoms with van der Waals surface area (Å²) in [6.07, 6.45) is 17.2. The van der Waals surface area contributed by atoms with Gasteiger partial charge in [-0.2, -0.15) is 0 Å². The van der Waals surface area contributed by atoms with Gasteiger partial charge < -0.3 is 9.47 Å². The second-order valence-electron chi connectivity index (χ2n) is 25.8. The summed E-state index contributed by atoms with van der Waals surface area (Å²) >= 11 is -3.35. The Morgan fingerprint density at radius 1 is 0.613 bits per heavy atom. The Labute approximate surface area is 458 Å². The van der Waals surface area contributed by atoms with Crippen molar-refractivity contribution in [1.29, 1.82) is 0 Å². The number of hydrogen-bond acceptors (Lipinski definition) is 8. The number of unbranched alkanes of at least 4 members (excludes halogenated alkanes) is 3. The molecule has 7 aliphatic rings. The predicted molar refractivity (Wildman–Crippen MR) is 301 cm³/mol. The number of fused-ring (bicyclic) bond motifs is 7. The fraction of sp³-hybridized carbons (Fsp3) is 0.727. The van der Waals surface area contributed by atoms with E-state index >= 15 is 0 Å². The van der Waals surface area contributed by atoms with Crippen LogP contribution in [0.4, 0.5) is 0 Å². The van der Waals surface area contributed by atoms with Gasteiger partial charge >= 0.3 is 358 Å². The zero-order valence-corrected chi connectivity index (χ0v) is 50.3. The van der Waals surface area contributed by atoms with E-state index in [-0.39, 0.29) is 18.0 Å². The normalized spacial score (nSPS) is 38.4. The van der Waals surface area contributed by atoms with E-state index in [1.807, 2.05) is 0 Å². The van der Waals surface area contributed by atoms with E-state index in [4.69, 9.17) is 36.2 Å². The van der Waals surface area contributed by atoms with E-state index in [1.165, 1.54) is 96.8 Å². The molecule has 0 N–H and O–H groups in total. The molecule has 17 atom stereocenters. The van der Waals surface area contributed by atoms with Gasteiger partial charge in [0.15, 0.2) is 5.79 Å². The van der Waals surface area contributed by atoms with Crippen molar-refractivity contribution in [2.45, 2.75) is 233 Å². The van der Waals surface area contributed by atoms with E-state index in [9.17, 15) is 0 Å². The van der Waals surface area contributed by atoms with Crippen LogP contribution in [0.25, 0.3) is 0 Å². The van der Waals surface area contributed by atoms with Gasteiger partial charge in [0, 0.05) is 12.3 Å². The van der Waals surface area contributed by atoms with Gasteiger partial charge in [0.25, 0.3) is 0 Å². The Balaban J connectivity index is 0.922. The van der Waals surface area contributed by atoms with Crippen LogP contribution in [0.1, 0.15) is 168 Å². The van der Waals surface area contributed by atoms with Gasteiger partial charge in [0.05, 0.1) is 12.7 Å². The average molecular weight is 1140 g/mol. The second kappa shape index (κ2) is 25.3. The van der Waals surface area contributed by atoms with E-state index in [1.54, 1.807) is 0 Å². The minimum absolute atomic E-state index is 0.0610. The third-order valence-electron chi connectivity index (χ3n) is 21.1. The summed E-state index contributed by atoms with van der Waals surface area (Å²) in [5.74, 6) is 4.19. The molecule has 1 spiro atoms. The van der Waals surface area contributed by atoms with Crippen LogP contribution in [0, 0.1) is 52.3 Å². The first-order valence-corrected chi connectivity index (χ1v) is 38.0. The van der Waals surface area contributed by atoms with Crippen molar-refractivity contribution < 1.29 is 36.2 Å². The van der Waals surface area contributed by atoms with Crippen molar-refractivity contribution >= 4 is 18.8 Å². The zero-order chi connectivity index (χ0) is 52.0. The number of benzene rings is 3. The Bertz CT molecular complexity index is 2170. The van der Waals surface area contributed by atoms with Gasteiger partial charge in [0.1, 0.15) is 0 Å². The number of hydrogen-bond donors (Lipinski definition) is 0. The predicted octanol–water partition coefficient (Wildman–Crippen LogP) is 15.7. The van der Waals surface area contributed by atoms with Gasteiger partial charge in [-0.05, 0) is 42.4 Å². The quantitative estimate of drug-likeness (QED) is 0.0687. The van der Waals surface area contributed by atoms with Gasteiger partial charge in [0.2, 0.25) is 0 Å². The van der Waals surface area contributed by atoms with E-state index in [0.717, 1.165) is 60.3 Å². The van der Waals surface area contributed by atoms with Crippen molar-refractivity contribution in [1.82, 2.24) is 0 Å². The molecule has 414 valence electrons. The van der Waals surface area contributed by atoms with Gasteiger partial charge in [-0.15, -0.1) is 0 Å². The molecule has 4 saturated carbocycles. The van der Waals surface area contributed by atoms with Crippen molar-refractivity contribution in [3.63, 3.8) is 0 Å². The van der Waals surface area contributed by atoms with Crippen LogP contribution in [0.15, 0.2) is 91.0 Å². The van der Waals surface area contributed by atoms with Crippen LogP contribution in [0.5, 0.6) is 0 Å². The molecule has 0 radical (unpaired) electrons. The summed E-state index contributed by atoms with van der Waals surface area (Å²) in [5.41, 5.74) is 4.05. The number of ether oxygens (including phenoxy) is 7. The molecular formula is C66H98O8Sn. The van der Waals surface area contributed by atoms with Crippen LogP contribution < -0.4 is 0 Å². The monoisotopic (exact) mass is 1140 g/mol. The van der Waals surface area contributed by atoms with Crippen LogP contribution >= 0.6 is 0 Å². The zero-order valence-electron chi connectivity index (χ0n) is 47.5. The topological polar surface area (TPSA) is 73.8 Å². The van der Waals surface area contributed by atoms with Crippen LogP contribution in [-0.2, 0) is 56.1 Å². The molecule has 9 heteroatoms. The fourth-order valence-corrected chi connectivity index (χ4v) is 31.1. The molecule has 0 bridgehead atoms. The summed E-state index contributed by atoms with van der Waals surface area (Å²) in [6.45, 7) is 19.8. The van der Waals surface area contributed by atoms with Crippen molar-refractivity contribution in [3.8, 4) is 0 Å². The Morgan fingerprint density at radius 2 is 1.21 bits per heavy atom. The molecular weight excluding hydrogens is 1040 g/mol. The third kappa shape index (κ3) is 12.3. The van der Waals surface area contributed by atoms with Gasteiger partial charge in [-0.3, -0.25) is 0 Å². The van der Waals surface area contributed by atoms with Crippen molar-refractivity contribution in [3.05, 3.63) is 108 Å². The molecule has 3 aliphatic heterocycles. The molecule has 7 fully saturated rings. The first kappa shape index (κ1) is 56.4. The SMILES string of the molecule is CCC[CH2][Sn]([CH2]CCC)([CH2]CCC)[O][C@@H]1[C@H](OCc2ccccc2)[C@@H](OCc2ccccc2)[C@H](O[C@H]2CC[C@@]3(C)[C@@H](CC[C@@H]4[C@@H]3CC[C@]3(C)[C@@H]5[C@H](C[C@@H]43)O[C@]3(CC[C@@H](C)CO3)[C@H]5C)C2)O[C@@H]1COCc1ccccc1. The molecule has 3 saturated heterocycles. The minimum atomic E-state index is -3.35. The first-order chi connectivity index (χ1) is 36.5. The number of rotatable bonds is 23. The van der Waals surface area contributed by atoms with E-state index in [2.05, 4.69) is 139 Å². The molecule has 3 aromatic rings. The third-order valence-corrected chi connectivity index (χ3v) is 34.1. The van der Waals surface area contributed by atoms with Gasteiger partial charge in [-0.25, -0.2) is 0 Å². The maximum atomic E-state index is 8.09. The standard InChI is InChI=1S/C54H71O8.3C4H9.Sn/c1-35-22-27-54(59-30-35)36(2)47-45(62-54)29-44-42-21-20-40-28-41(23-25-52(40,3)43(42)24-26-53(44,47)4)60-51-50(58-33-39-18-12-7-13-19-39)49(57-32-38-16-10-6-11-17-38)48(55)46(61-51)34-56-31-37-14-8-5-9-15-37;3*1-3-4-2;/h5-19,35-36,40-51H,20-34H2,1-4H3;3*1,3-4H2,2H3;/q-1;;;;+1/t35-,36+,40+,41+,42-,43+,44+,45+,46-,47+,48+,49+,50-,51-,52+,53+,54-;;;;/m1..../s1. The van der Waals surface area contributed by atoms with Crippen LogP contribution in [0.3, 0.4) is 0 Å². The molecule has 75 heavy (non-hydrogen) atoms. The summed E-state index contributed by atoms with van der Waals surface area (Å²) < 4.78 is 62.1. The molecule has 10 rings (SSSR count). The Kier molecular flexibility index (Phi) is 19.0. The molecule has 0 aromatic heterocycles. The molecule has 3 aromatic carbocycles. The molecule has 3 heterocycles. The summed E-state index contributed by atoms with van der Waals surface area (Å²) in [4.78, 5) is 0. The molecule has 0 unspecified atom stereocenters. The van der Waals surface area contributed by atoms with Crippen molar-refractivity contribution in [2.75, 3.05) is 13.2 Å². The molecule has 4 aliphatic carbocycles.